The first-order valence-corrected chi connectivity index (χ1v) is 12.2. The zero-order valence-electron chi connectivity index (χ0n) is 19.8. The summed E-state index contributed by atoms with van der Waals surface area (Å²) in [7, 11) is 0. The zero-order valence-corrected chi connectivity index (χ0v) is 20.6. The summed E-state index contributed by atoms with van der Waals surface area (Å²) in [5, 5.41) is 14.3. The van der Waals surface area contributed by atoms with Crippen LogP contribution in [0.5, 0.6) is 0 Å². The summed E-state index contributed by atoms with van der Waals surface area (Å²) in [6, 6.07) is 26.1. The first-order chi connectivity index (χ1) is 17.8. The number of rotatable bonds is 8. The molecule has 2 amide bonds. The third-order valence-corrected chi connectivity index (χ3v) is 6.78. The molecule has 0 radical (unpaired) electrons. The van der Waals surface area contributed by atoms with Gasteiger partial charge in [-0.25, -0.2) is 9.18 Å². The molecule has 0 saturated heterocycles. The number of aryl methyl sites for hydroxylation is 1. The fourth-order valence-electron chi connectivity index (χ4n) is 3.58. The summed E-state index contributed by atoms with van der Waals surface area (Å²) in [6.07, 6.45) is 0. The maximum absolute atomic E-state index is 13.4. The van der Waals surface area contributed by atoms with Gasteiger partial charge in [0.2, 0.25) is 5.91 Å². The Balaban J connectivity index is 1.56. The molecule has 8 heteroatoms. The van der Waals surface area contributed by atoms with E-state index in [0.717, 1.165) is 16.0 Å². The summed E-state index contributed by atoms with van der Waals surface area (Å²) in [6.45, 7) is 1.79. The first kappa shape index (κ1) is 25.7. The Morgan fingerprint density at radius 3 is 2.22 bits per heavy atom. The molecular formula is C29H23FN2O4S. The lowest BCUT2D eigenvalue weighted by atomic mass is 10.1. The minimum atomic E-state index is -1.08. The highest BCUT2D eigenvalue weighted by Gasteiger charge is 2.23. The molecule has 0 saturated carbocycles. The average molecular weight is 515 g/mol. The Hall–Kier alpha value is -4.43. The second kappa shape index (κ2) is 11.5. The van der Waals surface area contributed by atoms with Crippen LogP contribution < -0.4 is 10.6 Å². The van der Waals surface area contributed by atoms with Crippen molar-refractivity contribution in [2.24, 2.45) is 0 Å². The van der Waals surface area contributed by atoms with Crippen LogP contribution in [0.15, 0.2) is 102 Å². The fraction of sp³-hybridized carbons (Fsp3) is 0.0690. The molecule has 4 aromatic carbocycles. The van der Waals surface area contributed by atoms with Gasteiger partial charge in [-0.1, -0.05) is 42.5 Å². The van der Waals surface area contributed by atoms with Crippen molar-refractivity contribution >= 4 is 40.9 Å². The second-order valence-corrected chi connectivity index (χ2v) is 9.40. The van der Waals surface area contributed by atoms with Gasteiger partial charge in [-0.15, -0.1) is 11.8 Å². The van der Waals surface area contributed by atoms with Crippen molar-refractivity contribution in [1.29, 1.82) is 0 Å². The average Bonchev–Trinajstić information content (AvgIpc) is 2.89. The Kier molecular flexibility index (Phi) is 8.00. The normalized spacial score (nSPS) is 11.4. The van der Waals surface area contributed by atoms with E-state index >= 15 is 0 Å². The highest BCUT2D eigenvalue weighted by Crippen LogP contribution is 2.37. The van der Waals surface area contributed by atoms with E-state index in [-0.39, 0.29) is 17.4 Å². The molecule has 6 nitrogen and oxygen atoms in total. The van der Waals surface area contributed by atoms with Crippen molar-refractivity contribution in [3.8, 4) is 0 Å². The molecule has 0 fully saturated rings. The van der Waals surface area contributed by atoms with Crippen LogP contribution in [0.3, 0.4) is 0 Å². The number of carboxylic acid groups (broad SMARTS) is 1. The lowest BCUT2D eigenvalue weighted by Crippen LogP contribution is -2.20. The number of benzene rings is 4. The van der Waals surface area contributed by atoms with Crippen molar-refractivity contribution in [2.75, 3.05) is 10.6 Å². The second-order valence-electron chi connectivity index (χ2n) is 8.22. The molecule has 1 atom stereocenters. The smallest absolute Gasteiger partial charge is 0.335 e. The SMILES string of the molecule is Cc1ccc(C(=O)O)cc1NC(=O)C(Sc1cccc(NC(=O)c2ccc(F)cc2)c1)c1ccccc1. The highest BCUT2D eigenvalue weighted by atomic mass is 32.2. The summed E-state index contributed by atoms with van der Waals surface area (Å²) in [4.78, 5) is 38.1. The lowest BCUT2D eigenvalue weighted by molar-refractivity contribution is -0.115. The Labute approximate surface area is 217 Å². The summed E-state index contributed by atoms with van der Waals surface area (Å²) < 4.78 is 13.2. The lowest BCUT2D eigenvalue weighted by Gasteiger charge is -2.19. The molecule has 3 N–H and O–H groups in total. The monoisotopic (exact) mass is 514 g/mol. The Morgan fingerprint density at radius 2 is 1.51 bits per heavy atom. The van der Waals surface area contributed by atoms with Crippen LogP contribution in [0.25, 0.3) is 0 Å². The van der Waals surface area contributed by atoms with Gasteiger partial charge in [0.25, 0.3) is 5.91 Å². The van der Waals surface area contributed by atoms with E-state index in [1.165, 1.54) is 48.2 Å². The fourth-order valence-corrected chi connectivity index (χ4v) is 4.66. The number of hydrogen-bond acceptors (Lipinski definition) is 4. The Bertz CT molecular complexity index is 1440. The zero-order chi connectivity index (χ0) is 26.4. The van der Waals surface area contributed by atoms with Gasteiger partial charge in [-0.05, 0) is 72.6 Å². The van der Waals surface area contributed by atoms with Gasteiger partial charge in [0.15, 0.2) is 0 Å². The minimum Gasteiger partial charge on any atom is -0.478 e. The third-order valence-electron chi connectivity index (χ3n) is 5.54. The topological polar surface area (TPSA) is 95.5 Å². The van der Waals surface area contributed by atoms with Crippen molar-refractivity contribution in [2.45, 2.75) is 17.1 Å². The van der Waals surface area contributed by atoms with Crippen molar-refractivity contribution < 1.29 is 23.9 Å². The van der Waals surface area contributed by atoms with Gasteiger partial charge in [0.1, 0.15) is 11.1 Å². The number of carboxylic acids is 1. The quantitative estimate of drug-likeness (QED) is 0.232. The number of aromatic carboxylic acids is 1. The number of amides is 2. The molecule has 186 valence electrons. The molecule has 37 heavy (non-hydrogen) atoms. The number of halogens is 1. The standard InChI is InChI=1S/C29H23FN2O4S/c1-18-10-11-21(29(35)36)16-25(18)32-28(34)26(19-6-3-2-4-7-19)37-24-9-5-8-23(17-24)31-27(33)20-12-14-22(30)15-13-20/h2-17,26H,1H3,(H,31,33)(H,32,34)(H,35,36). The van der Waals surface area contributed by atoms with E-state index in [1.807, 2.05) is 36.4 Å². The van der Waals surface area contributed by atoms with Gasteiger partial charge in [0, 0.05) is 21.8 Å². The van der Waals surface area contributed by atoms with E-state index in [2.05, 4.69) is 10.6 Å². The molecule has 4 rings (SSSR count). The molecule has 0 aromatic heterocycles. The first-order valence-electron chi connectivity index (χ1n) is 11.3. The van der Waals surface area contributed by atoms with Crippen LogP contribution in [0.2, 0.25) is 0 Å². The van der Waals surface area contributed by atoms with E-state index in [9.17, 15) is 23.9 Å². The molecule has 0 aliphatic carbocycles. The highest BCUT2D eigenvalue weighted by molar-refractivity contribution is 8.00. The van der Waals surface area contributed by atoms with Gasteiger partial charge >= 0.3 is 5.97 Å². The third kappa shape index (κ3) is 6.62. The van der Waals surface area contributed by atoms with Gasteiger partial charge < -0.3 is 15.7 Å². The van der Waals surface area contributed by atoms with E-state index in [0.29, 0.717) is 16.9 Å². The number of carbonyl (C=O) groups excluding carboxylic acids is 2. The van der Waals surface area contributed by atoms with Crippen LogP contribution in [-0.2, 0) is 4.79 Å². The van der Waals surface area contributed by atoms with E-state index in [1.54, 1.807) is 31.2 Å². The van der Waals surface area contributed by atoms with Crippen LogP contribution in [-0.4, -0.2) is 22.9 Å². The maximum atomic E-state index is 13.4. The largest absolute Gasteiger partial charge is 0.478 e. The summed E-state index contributed by atoms with van der Waals surface area (Å²) in [5.41, 5.74) is 2.84. The molecular weight excluding hydrogens is 491 g/mol. The van der Waals surface area contributed by atoms with E-state index < -0.39 is 17.0 Å². The molecule has 1 unspecified atom stereocenters. The summed E-state index contributed by atoms with van der Waals surface area (Å²) >= 11 is 1.30. The number of thioether (sulfide) groups is 1. The number of hydrogen-bond donors (Lipinski definition) is 3. The number of anilines is 2. The Morgan fingerprint density at radius 1 is 0.811 bits per heavy atom. The minimum absolute atomic E-state index is 0.0782. The molecule has 0 spiro atoms. The van der Waals surface area contributed by atoms with Crippen LogP contribution in [0, 0.1) is 12.7 Å². The van der Waals surface area contributed by atoms with Crippen LogP contribution >= 0.6 is 11.8 Å². The van der Waals surface area contributed by atoms with Crippen LogP contribution in [0.1, 0.15) is 37.1 Å². The predicted molar refractivity (Wildman–Crippen MR) is 143 cm³/mol. The van der Waals surface area contributed by atoms with Crippen molar-refractivity contribution in [1.82, 2.24) is 0 Å². The molecule has 0 aliphatic rings. The number of carbonyl (C=O) groups is 3. The van der Waals surface area contributed by atoms with Gasteiger partial charge in [0.05, 0.1) is 5.56 Å². The predicted octanol–water partition coefficient (Wildman–Crippen LogP) is 6.56. The molecule has 0 aliphatic heterocycles. The van der Waals surface area contributed by atoms with Gasteiger partial charge in [-0.2, -0.15) is 0 Å². The number of nitrogens with one attached hydrogen (secondary N) is 2. The molecule has 0 bridgehead atoms. The van der Waals surface area contributed by atoms with Gasteiger partial charge in [-0.3, -0.25) is 9.59 Å². The summed E-state index contributed by atoms with van der Waals surface area (Å²) in [5.74, 6) is -2.20. The maximum Gasteiger partial charge on any atom is 0.335 e. The van der Waals surface area contributed by atoms with E-state index in [4.69, 9.17) is 0 Å². The van der Waals surface area contributed by atoms with Crippen LogP contribution in [0.4, 0.5) is 15.8 Å². The molecule has 0 heterocycles. The van der Waals surface area contributed by atoms with Crippen molar-refractivity contribution in [3.05, 3.63) is 125 Å². The van der Waals surface area contributed by atoms with Crippen molar-refractivity contribution in [3.63, 3.8) is 0 Å². The molecule has 4 aromatic rings.